The van der Waals surface area contributed by atoms with Crippen LogP contribution in [0.5, 0.6) is 0 Å². The lowest BCUT2D eigenvalue weighted by Gasteiger charge is -2.20. The molecule has 2 unspecified atom stereocenters. The van der Waals surface area contributed by atoms with Gasteiger partial charge in [-0.05, 0) is 6.92 Å². The number of Topliss-reactive ketones (excluding diaryl/α,β-unsaturated/α-hetero) is 1. The summed E-state index contributed by atoms with van der Waals surface area (Å²) in [6.07, 6.45) is -5.67. The van der Waals surface area contributed by atoms with Crippen molar-refractivity contribution in [2.45, 2.75) is 43.6 Å². The summed E-state index contributed by atoms with van der Waals surface area (Å²) in [5.41, 5.74) is 6.06. The molecule has 39 heavy (non-hydrogen) atoms. The number of carboxylic acids is 1. The Bertz CT molecular complexity index is 1290. The van der Waals surface area contributed by atoms with E-state index in [1.807, 2.05) is 0 Å². The van der Waals surface area contributed by atoms with Crippen LogP contribution >= 0.6 is 15.6 Å². The molecule has 3 heterocycles. The summed E-state index contributed by atoms with van der Waals surface area (Å²) in [7, 11) is -10.8. The Kier molecular flexibility index (Phi) is 9.87. The van der Waals surface area contributed by atoms with Gasteiger partial charge in [0.05, 0.1) is 32.1 Å². The molecule has 0 amide bonds. The lowest BCUT2D eigenvalue weighted by molar-refractivity contribution is -0.136. The molecule has 0 saturated carbocycles. The number of aliphatic hydroxyl groups is 3. The number of rotatable bonds is 14. The number of nitrogens with zero attached hydrogens (tertiary/aromatic N) is 4. The molecule has 0 radical (unpaired) electrons. The Morgan fingerprint density at radius 2 is 1.85 bits per heavy atom. The van der Waals surface area contributed by atoms with Gasteiger partial charge in [-0.2, -0.15) is 4.31 Å². The van der Waals surface area contributed by atoms with E-state index in [2.05, 4.69) is 33.6 Å². The van der Waals surface area contributed by atoms with E-state index < -0.39 is 83.8 Å². The number of anilines is 1. The number of aliphatic carboxylic acids is 1. The van der Waals surface area contributed by atoms with E-state index >= 15 is 0 Å². The Morgan fingerprint density at radius 1 is 1.18 bits per heavy atom. The molecule has 1 aliphatic heterocycles. The SMILES string of the molecule is C[C@H](NCC(=O)O)C(=O)[C@H](O)COP(=O)(O)OP(=O)(O)OC[C@H]1O[C@@H](n2cnc3c(N)ncnc32)[C@H](O)[C@@H]1O. The number of ketones is 1. The first-order chi connectivity index (χ1) is 18.1. The Labute approximate surface area is 218 Å². The molecule has 218 valence electrons. The fraction of sp³-hybridized carbons (Fsp3) is 0.588. The third kappa shape index (κ3) is 7.82. The van der Waals surface area contributed by atoms with Crippen LogP contribution in [0.15, 0.2) is 12.7 Å². The highest BCUT2D eigenvalue weighted by Gasteiger charge is 2.46. The fourth-order valence-corrected chi connectivity index (χ4v) is 5.46. The predicted octanol–water partition coefficient (Wildman–Crippen LogP) is -2.73. The number of imidazole rings is 1. The van der Waals surface area contributed by atoms with Gasteiger partial charge in [-0.1, -0.05) is 0 Å². The minimum absolute atomic E-state index is 0.0435. The standard InChI is InChI=1S/C17H26N6O14P2/c1-7(19-2-10(25)26)12(27)8(24)3-34-38(30,31)37-39(32,33)35-4-9-13(28)14(29)17(36-9)23-6-22-11-15(18)20-5-21-16(11)23/h5-9,13-14,17,19,24,28-29H,2-4H2,1H3,(H,25,26)(H,30,31)(H,32,33)(H2,18,20,21)/t7-,8+,9+,13+,14+,17+/m0/s1. The first-order valence-corrected chi connectivity index (χ1v) is 13.9. The summed E-state index contributed by atoms with van der Waals surface area (Å²) < 4.78 is 44.0. The first kappa shape index (κ1) is 31.1. The predicted molar refractivity (Wildman–Crippen MR) is 124 cm³/mol. The van der Waals surface area contributed by atoms with E-state index in [-0.39, 0.29) is 17.0 Å². The van der Waals surface area contributed by atoms with Crippen LogP contribution in [0.3, 0.4) is 0 Å². The van der Waals surface area contributed by atoms with Gasteiger partial charge in [0.15, 0.2) is 23.5 Å². The number of nitrogen functional groups attached to an aromatic ring is 1. The summed E-state index contributed by atoms with van der Waals surface area (Å²) >= 11 is 0. The minimum atomic E-state index is -5.40. The molecule has 9 N–H and O–H groups in total. The Morgan fingerprint density at radius 3 is 2.51 bits per heavy atom. The molecule has 22 heteroatoms. The van der Waals surface area contributed by atoms with Gasteiger partial charge >= 0.3 is 21.6 Å². The monoisotopic (exact) mass is 600 g/mol. The number of phosphoric ester groups is 2. The number of nitrogens with one attached hydrogen (secondary N) is 1. The van der Waals surface area contributed by atoms with Gasteiger partial charge in [0.2, 0.25) is 0 Å². The molecular weight excluding hydrogens is 574 g/mol. The summed E-state index contributed by atoms with van der Waals surface area (Å²) in [4.78, 5) is 53.8. The number of carbonyl (C=O) groups is 2. The molecule has 2 aromatic heterocycles. The molecule has 0 aromatic carbocycles. The second kappa shape index (κ2) is 12.4. The van der Waals surface area contributed by atoms with Crippen molar-refractivity contribution in [1.82, 2.24) is 24.8 Å². The second-order valence-corrected chi connectivity index (χ2v) is 11.2. The van der Waals surface area contributed by atoms with E-state index in [1.165, 1.54) is 17.8 Å². The van der Waals surface area contributed by atoms with Crippen molar-refractivity contribution in [3.05, 3.63) is 12.7 Å². The van der Waals surface area contributed by atoms with E-state index in [9.17, 15) is 43.8 Å². The molecule has 1 fully saturated rings. The number of aliphatic hydroxyl groups excluding tert-OH is 3. The van der Waals surface area contributed by atoms with Crippen LogP contribution in [-0.2, 0) is 36.8 Å². The van der Waals surface area contributed by atoms with Gasteiger partial charge in [0.25, 0.3) is 0 Å². The average Bonchev–Trinajstić information content (AvgIpc) is 3.40. The van der Waals surface area contributed by atoms with Crippen molar-refractivity contribution in [1.29, 1.82) is 0 Å². The summed E-state index contributed by atoms with van der Waals surface area (Å²) in [6, 6.07) is -1.17. The number of hydrogen-bond acceptors (Lipinski definition) is 16. The summed E-state index contributed by atoms with van der Waals surface area (Å²) in [6.45, 7) is -1.46. The molecule has 0 aliphatic carbocycles. The largest absolute Gasteiger partial charge is 0.481 e. The average molecular weight is 600 g/mol. The van der Waals surface area contributed by atoms with Crippen LogP contribution in [0.2, 0.25) is 0 Å². The molecule has 2 aromatic rings. The van der Waals surface area contributed by atoms with E-state index in [0.29, 0.717) is 0 Å². The van der Waals surface area contributed by atoms with E-state index in [0.717, 1.165) is 6.33 Å². The molecule has 0 spiro atoms. The Balaban J connectivity index is 1.54. The zero-order valence-electron chi connectivity index (χ0n) is 20.0. The van der Waals surface area contributed by atoms with Crippen molar-refractivity contribution >= 4 is 44.4 Å². The van der Waals surface area contributed by atoms with Crippen molar-refractivity contribution in [3.8, 4) is 0 Å². The lowest BCUT2D eigenvalue weighted by Crippen LogP contribution is -2.43. The van der Waals surface area contributed by atoms with Crippen molar-refractivity contribution in [3.63, 3.8) is 0 Å². The number of phosphoric acid groups is 2. The quantitative estimate of drug-likeness (QED) is 0.102. The summed E-state index contributed by atoms with van der Waals surface area (Å²) in [5.74, 6) is -2.23. The molecule has 20 nitrogen and oxygen atoms in total. The normalized spacial score (nSPS) is 26.1. The first-order valence-electron chi connectivity index (χ1n) is 10.9. The van der Waals surface area contributed by atoms with Crippen molar-refractivity contribution in [2.75, 3.05) is 25.5 Å². The maximum absolute atomic E-state index is 12.2. The van der Waals surface area contributed by atoms with Crippen LogP contribution in [0, 0.1) is 0 Å². The zero-order chi connectivity index (χ0) is 29.1. The second-order valence-electron chi connectivity index (χ2n) is 8.15. The van der Waals surface area contributed by atoms with Gasteiger partial charge in [0.1, 0.15) is 36.3 Å². The fourth-order valence-electron chi connectivity index (χ4n) is 3.37. The van der Waals surface area contributed by atoms with Crippen LogP contribution in [0.4, 0.5) is 5.82 Å². The van der Waals surface area contributed by atoms with Gasteiger partial charge in [-0.3, -0.25) is 28.5 Å². The number of carboxylic acid groups (broad SMARTS) is 1. The maximum Gasteiger partial charge on any atom is 0.481 e. The zero-order valence-corrected chi connectivity index (χ0v) is 21.7. The highest BCUT2D eigenvalue weighted by atomic mass is 31.3. The number of nitrogens with two attached hydrogens (primary N) is 1. The molecular formula is C17H26N6O14P2. The topological polar surface area (TPSA) is 308 Å². The van der Waals surface area contributed by atoms with Crippen LogP contribution in [0.1, 0.15) is 13.2 Å². The number of hydrogen-bond donors (Lipinski definition) is 8. The third-order valence-corrected chi connectivity index (χ3v) is 7.92. The highest BCUT2D eigenvalue weighted by molar-refractivity contribution is 7.61. The van der Waals surface area contributed by atoms with E-state index in [4.69, 9.17) is 15.6 Å². The van der Waals surface area contributed by atoms with Crippen LogP contribution in [0.25, 0.3) is 11.2 Å². The molecule has 3 rings (SSSR count). The van der Waals surface area contributed by atoms with Crippen molar-refractivity contribution < 1.29 is 67.0 Å². The van der Waals surface area contributed by atoms with Crippen LogP contribution < -0.4 is 11.1 Å². The Hall–Kier alpha value is -2.45. The van der Waals surface area contributed by atoms with Gasteiger partial charge < -0.3 is 40.7 Å². The minimum Gasteiger partial charge on any atom is -0.480 e. The molecule has 8 atom stereocenters. The van der Waals surface area contributed by atoms with E-state index in [1.54, 1.807) is 0 Å². The van der Waals surface area contributed by atoms with Gasteiger partial charge in [-0.15, -0.1) is 0 Å². The molecule has 1 aliphatic rings. The number of fused-ring (bicyclic) bond motifs is 1. The molecule has 1 saturated heterocycles. The third-order valence-electron chi connectivity index (χ3n) is 5.32. The molecule has 0 bridgehead atoms. The highest BCUT2D eigenvalue weighted by Crippen LogP contribution is 2.60. The van der Waals surface area contributed by atoms with Gasteiger partial charge in [0, 0.05) is 0 Å². The van der Waals surface area contributed by atoms with Gasteiger partial charge in [-0.25, -0.2) is 24.1 Å². The van der Waals surface area contributed by atoms with Crippen molar-refractivity contribution in [2.24, 2.45) is 0 Å². The number of ether oxygens (including phenoxy) is 1. The number of carbonyl (C=O) groups excluding carboxylic acids is 1. The number of aromatic nitrogens is 4. The van der Waals surface area contributed by atoms with Crippen LogP contribution in [-0.4, -0.2) is 112 Å². The maximum atomic E-state index is 12.2. The smallest absolute Gasteiger partial charge is 0.480 e. The summed E-state index contributed by atoms with van der Waals surface area (Å²) in [5, 5.41) is 41.4. The lowest BCUT2D eigenvalue weighted by atomic mass is 10.1.